The maximum Gasteiger partial charge on any atom is 0.270 e. The number of aliphatic hydroxyl groups is 2. The van der Waals surface area contributed by atoms with Crippen molar-refractivity contribution in [2.45, 2.75) is 31.8 Å². The number of nitro groups is 1. The maximum atomic E-state index is 10.9. The monoisotopic (exact) mass is 292 g/mol. The molecule has 3 atom stereocenters. The Morgan fingerprint density at radius 3 is 2.90 bits per heavy atom. The lowest BCUT2D eigenvalue weighted by Crippen LogP contribution is -2.24. The molecule has 21 heavy (non-hydrogen) atoms. The van der Waals surface area contributed by atoms with E-state index in [1.807, 2.05) is 17.7 Å². The highest BCUT2D eigenvalue weighted by atomic mass is 16.6. The van der Waals surface area contributed by atoms with Crippen molar-refractivity contribution in [2.75, 3.05) is 6.61 Å². The van der Waals surface area contributed by atoms with E-state index in [1.54, 1.807) is 6.07 Å². The summed E-state index contributed by atoms with van der Waals surface area (Å²) in [6, 6.07) is 4.67. The molecule has 1 saturated heterocycles. The fraction of sp³-hybridized carbons (Fsp3) is 0.429. The molecule has 1 aliphatic heterocycles. The van der Waals surface area contributed by atoms with Crippen molar-refractivity contribution in [1.82, 2.24) is 4.57 Å². The van der Waals surface area contributed by atoms with Gasteiger partial charge in [-0.05, 0) is 18.6 Å². The highest BCUT2D eigenvalue weighted by molar-refractivity contribution is 5.86. The van der Waals surface area contributed by atoms with Crippen LogP contribution < -0.4 is 0 Å². The second kappa shape index (κ2) is 5.10. The van der Waals surface area contributed by atoms with E-state index in [0.29, 0.717) is 6.42 Å². The largest absolute Gasteiger partial charge is 0.394 e. The number of non-ortho nitro benzene ring substituents is 1. The van der Waals surface area contributed by atoms with Gasteiger partial charge < -0.3 is 19.5 Å². The van der Waals surface area contributed by atoms with E-state index < -0.39 is 17.1 Å². The lowest BCUT2D eigenvalue weighted by Gasteiger charge is -2.14. The molecule has 2 heterocycles. The van der Waals surface area contributed by atoms with Crippen LogP contribution in [-0.2, 0) is 4.74 Å². The third-order valence-corrected chi connectivity index (χ3v) is 3.92. The summed E-state index contributed by atoms with van der Waals surface area (Å²) in [4.78, 5) is 10.4. The van der Waals surface area contributed by atoms with Crippen LogP contribution in [0.3, 0.4) is 0 Å². The molecule has 1 aliphatic rings. The summed E-state index contributed by atoms with van der Waals surface area (Å²) < 4.78 is 7.49. The van der Waals surface area contributed by atoms with Crippen LogP contribution in [0.25, 0.3) is 10.9 Å². The lowest BCUT2D eigenvalue weighted by atomic mass is 10.1. The summed E-state index contributed by atoms with van der Waals surface area (Å²) >= 11 is 0. The second-order valence-electron chi connectivity index (χ2n) is 5.29. The molecular formula is C14H16N2O5. The van der Waals surface area contributed by atoms with Crippen LogP contribution in [0.2, 0.25) is 0 Å². The molecule has 0 saturated carbocycles. The van der Waals surface area contributed by atoms with Gasteiger partial charge in [-0.1, -0.05) is 0 Å². The molecule has 112 valence electrons. The van der Waals surface area contributed by atoms with E-state index in [4.69, 9.17) is 9.84 Å². The fourth-order valence-corrected chi connectivity index (χ4v) is 2.81. The van der Waals surface area contributed by atoms with Gasteiger partial charge in [-0.2, -0.15) is 0 Å². The van der Waals surface area contributed by atoms with E-state index in [1.165, 1.54) is 12.1 Å². The van der Waals surface area contributed by atoms with Crippen molar-refractivity contribution >= 4 is 16.6 Å². The minimum absolute atomic E-state index is 0.0453. The SMILES string of the molecule is Cc1cn(C2CC(O)C(CO)O2)c2ccc([N+](=O)[O-])cc12. The van der Waals surface area contributed by atoms with Crippen molar-refractivity contribution in [3.63, 3.8) is 0 Å². The third kappa shape index (κ3) is 2.29. The summed E-state index contributed by atoms with van der Waals surface area (Å²) in [5.41, 5.74) is 1.76. The van der Waals surface area contributed by atoms with Crippen LogP contribution in [0.1, 0.15) is 18.2 Å². The number of aliphatic hydroxyl groups excluding tert-OH is 2. The molecule has 1 fully saturated rings. The predicted molar refractivity (Wildman–Crippen MR) is 74.9 cm³/mol. The average molecular weight is 292 g/mol. The van der Waals surface area contributed by atoms with Crippen molar-refractivity contribution in [1.29, 1.82) is 0 Å². The molecule has 1 aromatic carbocycles. The summed E-state index contributed by atoms with van der Waals surface area (Å²) in [7, 11) is 0. The Balaban J connectivity index is 2.03. The van der Waals surface area contributed by atoms with Crippen LogP contribution in [0, 0.1) is 17.0 Å². The maximum absolute atomic E-state index is 10.9. The summed E-state index contributed by atoms with van der Waals surface area (Å²) in [6.07, 6.45) is 0.549. The summed E-state index contributed by atoms with van der Waals surface area (Å²) in [6.45, 7) is 1.64. The summed E-state index contributed by atoms with van der Waals surface area (Å²) in [5.74, 6) is 0. The van der Waals surface area contributed by atoms with Crippen molar-refractivity contribution in [2.24, 2.45) is 0 Å². The highest BCUT2D eigenvalue weighted by Gasteiger charge is 2.35. The van der Waals surface area contributed by atoms with Gasteiger partial charge in [-0.15, -0.1) is 0 Å². The Morgan fingerprint density at radius 1 is 1.52 bits per heavy atom. The number of rotatable bonds is 3. The fourth-order valence-electron chi connectivity index (χ4n) is 2.81. The van der Waals surface area contributed by atoms with Gasteiger partial charge in [0, 0.05) is 30.1 Å². The topological polar surface area (TPSA) is 97.8 Å². The molecular weight excluding hydrogens is 276 g/mol. The Morgan fingerprint density at radius 2 is 2.29 bits per heavy atom. The molecule has 3 unspecified atom stereocenters. The van der Waals surface area contributed by atoms with E-state index in [0.717, 1.165) is 16.5 Å². The normalized spacial score (nSPS) is 25.6. The number of hydrogen-bond donors (Lipinski definition) is 2. The first-order valence-corrected chi connectivity index (χ1v) is 6.71. The Bertz CT molecular complexity index is 696. The van der Waals surface area contributed by atoms with Crippen LogP contribution in [0.15, 0.2) is 24.4 Å². The number of benzene rings is 1. The standard InChI is InChI=1S/C14H16N2O5/c1-8-6-15(14-5-12(18)13(7-17)21-14)11-3-2-9(16(19)20)4-10(8)11/h2-4,6,12-14,17-18H,5,7H2,1H3. The van der Waals surface area contributed by atoms with Gasteiger partial charge in [-0.25, -0.2) is 0 Å². The quantitative estimate of drug-likeness (QED) is 0.660. The van der Waals surface area contributed by atoms with Crippen molar-refractivity contribution < 1.29 is 19.9 Å². The zero-order valence-corrected chi connectivity index (χ0v) is 11.5. The van der Waals surface area contributed by atoms with Gasteiger partial charge in [0.05, 0.1) is 23.2 Å². The molecule has 7 nitrogen and oxygen atoms in total. The Kier molecular flexibility index (Phi) is 3.40. The first-order valence-electron chi connectivity index (χ1n) is 6.71. The number of hydrogen-bond acceptors (Lipinski definition) is 5. The predicted octanol–water partition coefficient (Wildman–Crippen LogP) is 1.50. The van der Waals surface area contributed by atoms with Gasteiger partial charge in [0.15, 0.2) is 0 Å². The Hall–Kier alpha value is -1.96. The van der Waals surface area contributed by atoms with Crippen molar-refractivity contribution in [3.8, 4) is 0 Å². The van der Waals surface area contributed by atoms with E-state index >= 15 is 0 Å². The third-order valence-electron chi connectivity index (χ3n) is 3.92. The zero-order chi connectivity index (χ0) is 15.1. The van der Waals surface area contributed by atoms with Gasteiger partial charge in [0.2, 0.25) is 0 Å². The van der Waals surface area contributed by atoms with Gasteiger partial charge >= 0.3 is 0 Å². The number of nitrogens with zero attached hydrogens (tertiary/aromatic N) is 2. The summed E-state index contributed by atoms with van der Waals surface area (Å²) in [5, 5.41) is 30.6. The van der Waals surface area contributed by atoms with Gasteiger partial charge in [0.25, 0.3) is 5.69 Å². The van der Waals surface area contributed by atoms with Gasteiger partial charge in [-0.3, -0.25) is 10.1 Å². The number of ether oxygens (including phenoxy) is 1. The van der Waals surface area contributed by atoms with Crippen LogP contribution >= 0.6 is 0 Å². The number of aryl methyl sites for hydroxylation is 1. The molecule has 0 bridgehead atoms. The molecule has 7 heteroatoms. The van der Waals surface area contributed by atoms with E-state index in [2.05, 4.69) is 0 Å². The first-order chi connectivity index (χ1) is 10.0. The first kappa shape index (κ1) is 14.0. The number of fused-ring (bicyclic) bond motifs is 1. The van der Waals surface area contributed by atoms with Crippen LogP contribution in [0.5, 0.6) is 0 Å². The molecule has 2 aromatic rings. The minimum Gasteiger partial charge on any atom is -0.394 e. The molecule has 0 amide bonds. The number of nitro benzene ring substituents is 1. The van der Waals surface area contributed by atoms with Crippen LogP contribution in [0.4, 0.5) is 5.69 Å². The van der Waals surface area contributed by atoms with E-state index in [9.17, 15) is 15.2 Å². The van der Waals surface area contributed by atoms with E-state index in [-0.39, 0.29) is 18.5 Å². The minimum atomic E-state index is -0.712. The van der Waals surface area contributed by atoms with Gasteiger partial charge in [0.1, 0.15) is 12.3 Å². The average Bonchev–Trinajstić information content (AvgIpc) is 2.99. The number of aromatic nitrogens is 1. The molecule has 0 spiro atoms. The Labute approximate surface area is 120 Å². The molecule has 0 radical (unpaired) electrons. The zero-order valence-electron chi connectivity index (χ0n) is 11.5. The smallest absolute Gasteiger partial charge is 0.270 e. The van der Waals surface area contributed by atoms with Crippen LogP contribution in [-0.4, -0.2) is 38.5 Å². The molecule has 1 aromatic heterocycles. The highest BCUT2D eigenvalue weighted by Crippen LogP contribution is 2.34. The molecule has 0 aliphatic carbocycles. The van der Waals surface area contributed by atoms with Crippen molar-refractivity contribution in [3.05, 3.63) is 40.1 Å². The second-order valence-corrected chi connectivity index (χ2v) is 5.29. The molecule has 2 N–H and O–H groups in total. The lowest BCUT2D eigenvalue weighted by molar-refractivity contribution is -0.384. The molecule has 3 rings (SSSR count).